The molecule has 0 spiro atoms. The SMILES string of the molecule is CCNc1cn2ccnc2c(NCCCC(C)CO)n1. The van der Waals surface area contributed by atoms with Gasteiger partial charge in [-0.25, -0.2) is 9.97 Å². The average molecular weight is 277 g/mol. The zero-order valence-electron chi connectivity index (χ0n) is 12.1. The summed E-state index contributed by atoms with van der Waals surface area (Å²) in [4.78, 5) is 8.86. The first-order valence-corrected chi connectivity index (χ1v) is 7.17. The maximum Gasteiger partial charge on any atom is 0.180 e. The predicted molar refractivity (Wildman–Crippen MR) is 81.1 cm³/mol. The lowest BCUT2D eigenvalue weighted by molar-refractivity contribution is 0.229. The third kappa shape index (κ3) is 3.60. The second-order valence-electron chi connectivity index (χ2n) is 5.02. The molecule has 1 unspecified atom stereocenters. The highest BCUT2D eigenvalue weighted by Gasteiger charge is 2.07. The molecule has 2 aromatic heterocycles. The first kappa shape index (κ1) is 14.6. The van der Waals surface area contributed by atoms with Gasteiger partial charge in [-0.3, -0.25) is 0 Å². The average Bonchev–Trinajstić information content (AvgIpc) is 2.91. The van der Waals surface area contributed by atoms with Crippen LogP contribution in [0.2, 0.25) is 0 Å². The first-order valence-electron chi connectivity index (χ1n) is 7.17. The lowest BCUT2D eigenvalue weighted by atomic mass is 10.1. The fourth-order valence-electron chi connectivity index (χ4n) is 2.07. The van der Waals surface area contributed by atoms with E-state index in [9.17, 15) is 0 Å². The fourth-order valence-corrected chi connectivity index (χ4v) is 2.07. The van der Waals surface area contributed by atoms with Gasteiger partial charge in [0.1, 0.15) is 5.82 Å². The standard InChI is InChI=1S/C14H23N5O/c1-3-15-12-9-19-8-7-17-14(19)13(18-12)16-6-4-5-11(2)10-20/h7-9,11,15,20H,3-6,10H2,1-2H3,(H,16,18). The summed E-state index contributed by atoms with van der Waals surface area (Å²) >= 11 is 0. The van der Waals surface area contributed by atoms with E-state index in [1.54, 1.807) is 6.20 Å². The molecule has 3 N–H and O–H groups in total. The highest BCUT2D eigenvalue weighted by Crippen LogP contribution is 2.16. The Morgan fingerprint density at radius 3 is 3.00 bits per heavy atom. The molecule has 0 amide bonds. The lowest BCUT2D eigenvalue weighted by Crippen LogP contribution is -2.10. The van der Waals surface area contributed by atoms with Gasteiger partial charge in [0.25, 0.3) is 0 Å². The van der Waals surface area contributed by atoms with Crippen molar-refractivity contribution < 1.29 is 5.11 Å². The van der Waals surface area contributed by atoms with Crippen LogP contribution in [-0.4, -0.2) is 39.2 Å². The van der Waals surface area contributed by atoms with Gasteiger partial charge in [0.05, 0.1) is 6.20 Å². The Bertz CT molecular complexity index is 539. The van der Waals surface area contributed by atoms with Gasteiger partial charge in [0.2, 0.25) is 0 Å². The van der Waals surface area contributed by atoms with Crippen molar-refractivity contribution in [2.75, 3.05) is 30.3 Å². The maximum atomic E-state index is 9.01. The van der Waals surface area contributed by atoms with Gasteiger partial charge >= 0.3 is 0 Å². The van der Waals surface area contributed by atoms with Gasteiger partial charge in [-0.1, -0.05) is 6.92 Å². The predicted octanol–water partition coefficient (Wildman–Crippen LogP) is 1.98. The van der Waals surface area contributed by atoms with Gasteiger partial charge in [-0.15, -0.1) is 0 Å². The van der Waals surface area contributed by atoms with Crippen LogP contribution in [0.4, 0.5) is 11.6 Å². The second kappa shape index (κ2) is 7.09. The van der Waals surface area contributed by atoms with E-state index in [0.29, 0.717) is 5.92 Å². The molecule has 6 nitrogen and oxygen atoms in total. The summed E-state index contributed by atoms with van der Waals surface area (Å²) < 4.78 is 1.96. The number of imidazole rings is 1. The number of aliphatic hydroxyl groups excluding tert-OH is 1. The molecule has 110 valence electrons. The monoisotopic (exact) mass is 277 g/mol. The van der Waals surface area contributed by atoms with Crippen molar-refractivity contribution in [3.63, 3.8) is 0 Å². The summed E-state index contributed by atoms with van der Waals surface area (Å²) in [5.41, 5.74) is 0.835. The number of aromatic nitrogens is 3. The number of nitrogens with one attached hydrogen (secondary N) is 2. The van der Waals surface area contributed by atoms with Gasteiger partial charge in [-0.2, -0.15) is 0 Å². The van der Waals surface area contributed by atoms with E-state index in [4.69, 9.17) is 5.11 Å². The van der Waals surface area contributed by atoms with E-state index in [1.165, 1.54) is 0 Å². The summed E-state index contributed by atoms with van der Waals surface area (Å²) in [6.45, 7) is 6.01. The van der Waals surface area contributed by atoms with Crippen LogP contribution in [0.5, 0.6) is 0 Å². The van der Waals surface area contributed by atoms with Crippen LogP contribution in [0.25, 0.3) is 5.65 Å². The number of fused-ring (bicyclic) bond motifs is 1. The molecule has 6 heteroatoms. The Hall–Kier alpha value is -1.82. The molecule has 1 atom stereocenters. The molecule has 2 heterocycles. The van der Waals surface area contributed by atoms with Crippen LogP contribution < -0.4 is 10.6 Å². The summed E-state index contributed by atoms with van der Waals surface area (Å²) in [5, 5.41) is 15.6. The molecule has 0 aliphatic carbocycles. The van der Waals surface area contributed by atoms with Crippen molar-refractivity contribution in [1.82, 2.24) is 14.4 Å². The van der Waals surface area contributed by atoms with Crippen LogP contribution in [0.3, 0.4) is 0 Å². The molecule has 0 fully saturated rings. The van der Waals surface area contributed by atoms with Gasteiger partial charge in [0, 0.05) is 32.1 Å². The summed E-state index contributed by atoms with van der Waals surface area (Å²) in [7, 11) is 0. The number of rotatable bonds is 8. The van der Waals surface area contributed by atoms with Crippen LogP contribution in [0.15, 0.2) is 18.6 Å². The van der Waals surface area contributed by atoms with E-state index in [0.717, 1.165) is 43.2 Å². The Labute approximate surface area is 119 Å². The number of aliphatic hydroxyl groups is 1. The Morgan fingerprint density at radius 2 is 2.25 bits per heavy atom. The van der Waals surface area contributed by atoms with E-state index in [-0.39, 0.29) is 6.61 Å². The Kier molecular flexibility index (Phi) is 5.17. The Balaban J connectivity index is 2.02. The van der Waals surface area contributed by atoms with E-state index >= 15 is 0 Å². The zero-order chi connectivity index (χ0) is 14.4. The molecule has 0 aliphatic heterocycles. The molecule has 0 saturated heterocycles. The van der Waals surface area contributed by atoms with Crippen LogP contribution in [0.1, 0.15) is 26.7 Å². The zero-order valence-corrected chi connectivity index (χ0v) is 12.1. The molecule has 0 radical (unpaired) electrons. The summed E-state index contributed by atoms with van der Waals surface area (Å²) in [5.74, 6) is 1.98. The van der Waals surface area contributed by atoms with Crippen LogP contribution >= 0.6 is 0 Å². The normalized spacial score (nSPS) is 12.6. The molecule has 0 bridgehead atoms. The van der Waals surface area contributed by atoms with E-state index in [1.807, 2.05) is 23.7 Å². The highest BCUT2D eigenvalue weighted by atomic mass is 16.3. The fraction of sp³-hybridized carbons (Fsp3) is 0.571. The third-order valence-electron chi connectivity index (χ3n) is 3.21. The molecular formula is C14H23N5O. The van der Waals surface area contributed by atoms with Crippen molar-refractivity contribution in [1.29, 1.82) is 0 Å². The summed E-state index contributed by atoms with van der Waals surface area (Å²) in [6.07, 6.45) is 7.62. The molecule has 0 saturated carbocycles. The highest BCUT2D eigenvalue weighted by molar-refractivity contribution is 5.65. The smallest absolute Gasteiger partial charge is 0.180 e. The quantitative estimate of drug-likeness (QED) is 0.643. The minimum Gasteiger partial charge on any atom is -0.396 e. The number of nitrogens with zero attached hydrogens (tertiary/aromatic N) is 3. The minimum absolute atomic E-state index is 0.249. The molecule has 0 aromatic carbocycles. The lowest BCUT2D eigenvalue weighted by Gasteiger charge is -2.11. The molecular weight excluding hydrogens is 254 g/mol. The van der Waals surface area contributed by atoms with E-state index in [2.05, 4.69) is 27.5 Å². The number of anilines is 2. The van der Waals surface area contributed by atoms with Crippen LogP contribution in [0, 0.1) is 5.92 Å². The maximum absolute atomic E-state index is 9.01. The molecule has 2 aromatic rings. The largest absolute Gasteiger partial charge is 0.396 e. The van der Waals surface area contributed by atoms with Crippen molar-refractivity contribution >= 4 is 17.3 Å². The minimum atomic E-state index is 0.249. The van der Waals surface area contributed by atoms with Crippen molar-refractivity contribution in [3.05, 3.63) is 18.6 Å². The number of hydrogen-bond acceptors (Lipinski definition) is 5. The summed E-state index contributed by atoms with van der Waals surface area (Å²) in [6, 6.07) is 0. The van der Waals surface area contributed by atoms with Gasteiger partial charge in [-0.05, 0) is 25.7 Å². The Morgan fingerprint density at radius 1 is 1.40 bits per heavy atom. The molecule has 2 rings (SSSR count). The molecule has 20 heavy (non-hydrogen) atoms. The first-order chi connectivity index (χ1) is 9.74. The van der Waals surface area contributed by atoms with Crippen molar-refractivity contribution in [2.45, 2.75) is 26.7 Å². The number of hydrogen-bond donors (Lipinski definition) is 3. The van der Waals surface area contributed by atoms with Crippen molar-refractivity contribution in [2.24, 2.45) is 5.92 Å². The van der Waals surface area contributed by atoms with Crippen LogP contribution in [-0.2, 0) is 0 Å². The van der Waals surface area contributed by atoms with E-state index < -0.39 is 0 Å². The van der Waals surface area contributed by atoms with Crippen molar-refractivity contribution in [3.8, 4) is 0 Å². The topological polar surface area (TPSA) is 74.5 Å². The molecule has 0 aliphatic rings. The third-order valence-corrected chi connectivity index (χ3v) is 3.21. The second-order valence-corrected chi connectivity index (χ2v) is 5.02. The van der Waals surface area contributed by atoms with Gasteiger partial charge in [0.15, 0.2) is 11.5 Å². The van der Waals surface area contributed by atoms with Gasteiger partial charge < -0.3 is 20.1 Å².